The van der Waals surface area contributed by atoms with Crippen molar-refractivity contribution in [3.05, 3.63) is 45.8 Å². The van der Waals surface area contributed by atoms with Crippen LogP contribution in [0.15, 0.2) is 24.3 Å². The molecule has 0 unspecified atom stereocenters. The van der Waals surface area contributed by atoms with E-state index < -0.39 is 0 Å². The number of rotatable bonds is 5. The predicted molar refractivity (Wildman–Crippen MR) is 100 cm³/mol. The van der Waals surface area contributed by atoms with E-state index in [0.29, 0.717) is 27.8 Å². The van der Waals surface area contributed by atoms with E-state index in [2.05, 4.69) is 18.3 Å². The molecule has 5 heteroatoms. The molecule has 25 heavy (non-hydrogen) atoms. The van der Waals surface area contributed by atoms with Gasteiger partial charge in [0.05, 0.1) is 12.7 Å². The highest BCUT2D eigenvalue weighted by Gasteiger charge is 2.26. The molecule has 2 aromatic rings. The molecule has 3 rings (SSSR count). The van der Waals surface area contributed by atoms with Gasteiger partial charge in [0.2, 0.25) is 0 Å². The van der Waals surface area contributed by atoms with Crippen LogP contribution in [-0.4, -0.2) is 13.0 Å². The number of benzene rings is 1. The highest BCUT2D eigenvalue weighted by Crippen LogP contribution is 2.40. The van der Waals surface area contributed by atoms with Crippen LogP contribution >= 0.6 is 11.3 Å². The van der Waals surface area contributed by atoms with Gasteiger partial charge in [-0.3, -0.25) is 4.79 Å². The maximum Gasteiger partial charge on any atom is 0.256 e. The van der Waals surface area contributed by atoms with Gasteiger partial charge in [-0.05, 0) is 48.9 Å². The number of hydrogen-bond donors (Lipinski definition) is 1. The number of carbonyl (C=O) groups excluding carboxylic acids is 1. The Bertz CT molecular complexity index is 820. The van der Waals surface area contributed by atoms with Crippen LogP contribution in [0, 0.1) is 17.2 Å². The first-order chi connectivity index (χ1) is 12.2. The van der Waals surface area contributed by atoms with Crippen LogP contribution in [0.3, 0.4) is 0 Å². The van der Waals surface area contributed by atoms with Gasteiger partial charge in [0.15, 0.2) is 0 Å². The first kappa shape index (κ1) is 17.5. The summed E-state index contributed by atoms with van der Waals surface area (Å²) >= 11 is 1.56. The second-order valence-electron chi connectivity index (χ2n) is 6.40. The third kappa shape index (κ3) is 3.69. The topological polar surface area (TPSA) is 62.1 Å². The third-order valence-electron chi connectivity index (χ3n) is 4.74. The van der Waals surface area contributed by atoms with E-state index in [1.54, 1.807) is 42.7 Å². The van der Waals surface area contributed by atoms with Gasteiger partial charge in [0.1, 0.15) is 16.8 Å². The molecule has 1 N–H and O–H groups in total. The minimum Gasteiger partial charge on any atom is -0.497 e. The Kier molecular flexibility index (Phi) is 5.40. The van der Waals surface area contributed by atoms with Crippen LogP contribution < -0.4 is 10.1 Å². The fourth-order valence-electron chi connectivity index (χ4n) is 3.45. The van der Waals surface area contributed by atoms with E-state index in [4.69, 9.17) is 4.74 Å². The summed E-state index contributed by atoms with van der Waals surface area (Å²) < 4.78 is 5.17. The Morgan fingerprint density at radius 3 is 3.04 bits per heavy atom. The number of carbonyl (C=O) groups is 1. The molecule has 1 aliphatic rings. The Balaban J connectivity index is 1.83. The van der Waals surface area contributed by atoms with Crippen molar-refractivity contribution in [1.29, 1.82) is 5.26 Å². The molecule has 1 amide bonds. The second-order valence-corrected chi connectivity index (χ2v) is 7.51. The van der Waals surface area contributed by atoms with Crippen molar-refractivity contribution in [3.8, 4) is 11.8 Å². The second kappa shape index (κ2) is 7.71. The highest BCUT2D eigenvalue weighted by molar-refractivity contribution is 7.16. The number of ether oxygens (including phenoxy) is 1. The van der Waals surface area contributed by atoms with Gasteiger partial charge in [-0.2, -0.15) is 5.26 Å². The summed E-state index contributed by atoms with van der Waals surface area (Å²) in [4.78, 5) is 13.8. The maximum absolute atomic E-state index is 12.6. The number of fused-ring (bicyclic) bond motifs is 1. The maximum atomic E-state index is 12.6. The predicted octanol–water partition coefficient (Wildman–Crippen LogP) is 4.79. The van der Waals surface area contributed by atoms with E-state index in [1.165, 1.54) is 17.7 Å². The van der Waals surface area contributed by atoms with Gasteiger partial charge in [-0.1, -0.05) is 25.8 Å². The Morgan fingerprint density at radius 2 is 2.32 bits per heavy atom. The third-order valence-corrected chi connectivity index (χ3v) is 5.90. The van der Waals surface area contributed by atoms with Crippen molar-refractivity contribution in [3.63, 3.8) is 0 Å². The normalized spacial score (nSPS) is 16.0. The fraction of sp³-hybridized carbons (Fsp3) is 0.400. The lowest BCUT2D eigenvalue weighted by atomic mass is 9.85. The summed E-state index contributed by atoms with van der Waals surface area (Å²) in [7, 11) is 1.57. The van der Waals surface area contributed by atoms with E-state index in [-0.39, 0.29) is 5.91 Å². The number of nitrogens with one attached hydrogen (secondary N) is 1. The molecule has 0 radical (unpaired) electrons. The molecule has 0 aliphatic heterocycles. The summed E-state index contributed by atoms with van der Waals surface area (Å²) in [5.41, 5.74) is 2.31. The van der Waals surface area contributed by atoms with E-state index in [9.17, 15) is 10.1 Å². The van der Waals surface area contributed by atoms with E-state index in [0.717, 1.165) is 24.8 Å². The zero-order valence-electron chi connectivity index (χ0n) is 14.6. The molecule has 1 aromatic carbocycles. The van der Waals surface area contributed by atoms with Crippen LogP contribution in [0.1, 0.15) is 52.5 Å². The summed E-state index contributed by atoms with van der Waals surface area (Å²) in [5, 5.41) is 13.2. The number of nitrogens with zero attached hydrogens (tertiary/aromatic N) is 1. The van der Waals surface area contributed by atoms with Crippen molar-refractivity contribution in [1.82, 2.24) is 0 Å². The Morgan fingerprint density at radius 1 is 1.48 bits per heavy atom. The summed E-state index contributed by atoms with van der Waals surface area (Å²) in [6.45, 7) is 2.21. The molecule has 0 saturated carbocycles. The zero-order valence-corrected chi connectivity index (χ0v) is 15.4. The van der Waals surface area contributed by atoms with Gasteiger partial charge in [-0.25, -0.2) is 0 Å². The first-order valence-electron chi connectivity index (χ1n) is 8.66. The monoisotopic (exact) mass is 354 g/mol. The Hall–Kier alpha value is -2.32. The van der Waals surface area contributed by atoms with Crippen LogP contribution in [0.25, 0.3) is 0 Å². The van der Waals surface area contributed by atoms with Crippen molar-refractivity contribution in [2.24, 2.45) is 5.92 Å². The van der Waals surface area contributed by atoms with Gasteiger partial charge in [0, 0.05) is 10.4 Å². The van der Waals surface area contributed by atoms with Gasteiger partial charge in [-0.15, -0.1) is 11.3 Å². The van der Waals surface area contributed by atoms with Crippen molar-refractivity contribution in [2.75, 3.05) is 12.4 Å². The molecule has 1 aliphatic carbocycles. The largest absolute Gasteiger partial charge is 0.497 e. The molecule has 0 spiro atoms. The molecular weight excluding hydrogens is 332 g/mol. The standard InChI is InChI=1S/C20H22N2O2S/c1-3-5-13-8-9-16-17(12-21)20(25-18(16)10-13)22-19(23)14-6-4-7-15(11-14)24-2/h4,6-7,11,13H,3,5,8-10H2,1-2H3,(H,22,23)/t13-/m0/s1. The molecule has 4 nitrogen and oxygen atoms in total. The minimum absolute atomic E-state index is 0.209. The molecular formula is C20H22N2O2S. The summed E-state index contributed by atoms with van der Waals surface area (Å²) in [6, 6.07) is 9.33. The average molecular weight is 354 g/mol. The first-order valence-corrected chi connectivity index (χ1v) is 9.48. The number of amides is 1. The van der Waals surface area contributed by atoms with Crippen LogP contribution in [0.2, 0.25) is 0 Å². The molecule has 1 heterocycles. The molecule has 1 aromatic heterocycles. The van der Waals surface area contributed by atoms with Crippen LogP contribution in [0.5, 0.6) is 5.75 Å². The van der Waals surface area contributed by atoms with Crippen molar-refractivity contribution < 1.29 is 9.53 Å². The van der Waals surface area contributed by atoms with Gasteiger partial charge in [0.25, 0.3) is 5.91 Å². The SMILES string of the molecule is CCC[C@H]1CCc2c(sc(NC(=O)c3cccc(OC)c3)c2C#N)C1. The number of nitriles is 1. The molecule has 0 fully saturated rings. The molecule has 130 valence electrons. The van der Waals surface area contributed by atoms with Crippen molar-refractivity contribution in [2.45, 2.75) is 39.0 Å². The van der Waals surface area contributed by atoms with Gasteiger partial charge < -0.3 is 10.1 Å². The summed E-state index contributed by atoms with van der Waals surface area (Å²) in [5.74, 6) is 1.13. The number of methoxy groups -OCH3 is 1. The number of thiophene rings is 1. The fourth-order valence-corrected chi connectivity index (χ4v) is 4.76. The quantitative estimate of drug-likeness (QED) is 0.840. The lowest BCUT2D eigenvalue weighted by molar-refractivity contribution is 0.102. The highest BCUT2D eigenvalue weighted by atomic mass is 32.1. The lowest BCUT2D eigenvalue weighted by Crippen LogP contribution is -2.13. The lowest BCUT2D eigenvalue weighted by Gasteiger charge is -2.21. The van der Waals surface area contributed by atoms with E-state index >= 15 is 0 Å². The van der Waals surface area contributed by atoms with E-state index in [1.807, 2.05) is 0 Å². The molecule has 0 saturated heterocycles. The van der Waals surface area contributed by atoms with Crippen molar-refractivity contribution >= 4 is 22.2 Å². The molecule has 1 atom stereocenters. The average Bonchev–Trinajstić information content (AvgIpc) is 2.98. The van der Waals surface area contributed by atoms with Crippen LogP contribution in [0.4, 0.5) is 5.00 Å². The Labute approximate surface area is 152 Å². The smallest absolute Gasteiger partial charge is 0.256 e. The zero-order chi connectivity index (χ0) is 17.8. The van der Waals surface area contributed by atoms with Crippen LogP contribution in [-0.2, 0) is 12.8 Å². The summed E-state index contributed by atoms with van der Waals surface area (Å²) in [6.07, 6.45) is 5.52. The minimum atomic E-state index is -0.209. The van der Waals surface area contributed by atoms with Gasteiger partial charge >= 0.3 is 0 Å². The number of anilines is 1. The molecule has 0 bridgehead atoms. The number of hydrogen-bond acceptors (Lipinski definition) is 4.